The zero-order valence-electron chi connectivity index (χ0n) is 17.9. The number of amides is 1. The first-order chi connectivity index (χ1) is 15.0. The number of piperazine rings is 1. The summed E-state index contributed by atoms with van der Waals surface area (Å²) in [5.74, 6) is 1.07. The van der Waals surface area contributed by atoms with Gasteiger partial charge >= 0.3 is 0 Å². The number of carbonyl (C=O) groups excluding carboxylic acids is 1. The summed E-state index contributed by atoms with van der Waals surface area (Å²) in [6.07, 6.45) is 1.98. The largest absolute Gasteiger partial charge is 0.467 e. The Balaban J connectivity index is 1.70. The van der Waals surface area contributed by atoms with Crippen LogP contribution in [0.5, 0.6) is 0 Å². The molecule has 0 bridgehead atoms. The van der Waals surface area contributed by atoms with E-state index in [-0.39, 0.29) is 11.7 Å². The van der Waals surface area contributed by atoms with Gasteiger partial charge in [0.25, 0.3) is 0 Å². The molecule has 8 heteroatoms. The van der Waals surface area contributed by atoms with E-state index in [1.54, 1.807) is 23.3 Å². The van der Waals surface area contributed by atoms with E-state index in [9.17, 15) is 9.18 Å². The second-order valence-corrected chi connectivity index (χ2v) is 7.79. The number of aromatic nitrogens is 1. The predicted octanol–water partition coefficient (Wildman–Crippen LogP) is 3.76. The van der Waals surface area contributed by atoms with E-state index < -0.39 is 0 Å². The van der Waals surface area contributed by atoms with Gasteiger partial charge in [-0.2, -0.15) is 0 Å². The van der Waals surface area contributed by atoms with Crippen LogP contribution >= 0.6 is 0 Å². The van der Waals surface area contributed by atoms with E-state index in [2.05, 4.69) is 22.0 Å². The second kappa shape index (κ2) is 9.34. The maximum atomic E-state index is 13.5. The first kappa shape index (κ1) is 21.1. The maximum Gasteiger partial charge on any atom is 0.232 e. The SMILES string of the molecule is CCC(=O)N(Cc1ccco1)Cc1c(-c2ccc(F)cc2)noc1N1CCN(C)CC1. The Hall–Kier alpha value is -3.13. The molecule has 0 N–H and O–H groups in total. The molecule has 0 atom stereocenters. The number of nitrogens with zero attached hydrogens (tertiary/aromatic N) is 4. The zero-order valence-corrected chi connectivity index (χ0v) is 17.9. The molecule has 0 spiro atoms. The van der Waals surface area contributed by atoms with Gasteiger partial charge in [0, 0.05) is 38.2 Å². The summed E-state index contributed by atoms with van der Waals surface area (Å²) < 4.78 is 24.8. The Morgan fingerprint density at radius 2 is 1.87 bits per heavy atom. The molecule has 1 fully saturated rings. The fraction of sp³-hybridized carbons (Fsp3) is 0.391. The summed E-state index contributed by atoms with van der Waals surface area (Å²) in [7, 11) is 2.09. The van der Waals surface area contributed by atoms with Crippen molar-refractivity contribution in [2.24, 2.45) is 0 Å². The molecule has 0 saturated carbocycles. The number of hydrogen-bond acceptors (Lipinski definition) is 6. The molecule has 3 heterocycles. The Morgan fingerprint density at radius 3 is 2.52 bits per heavy atom. The number of rotatable bonds is 7. The summed E-state index contributed by atoms with van der Waals surface area (Å²) in [5.41, 5.74) is 2.20. The topological polar surface area (TPSA) is 66.0 Å². The molecular weight excluding hydrogens is 399 g/mol. The number of likely N-dealkylation sites (N-methyl/N-ethyl adjacent to an activating group) is 1. The van der Waals surface area contributed by atoms with Crippen molar-refractivity contribution in [3.05, 3.63) is 59.8 Å². The van der Waals surface area contributed by atoms with Crippen LogP contribution in [0.4, 0.5) is 10.3 Å². The Kier molecular flexibility index (Phi) is 6.36. The molecule has 7 nitrogen and oxygen atoms in total. The van der Waals surface area contributed by atoms with Crippen LogP contribution in [0.15, 0.2) is 51.6 Å². The number of hydrogen-bond donors (Lipinski definition) is 0. The minimum atomic E-state index is -0.311. The fourth-order valence-electron chi connectivity index (χ4n) is 3.77. The highest BCUT2D eigenvalue weighted by molar-refractivity contribution is 5.77. The molecule has 2 aromatic heterocycles. The third-order valence-corrected chi connectivity index (χ3v) is 5.61. The Bertz CT molecular complexity index is 993. The Labute approximate surface area is 181 Å². The lowest BCUT2D eigenvalue weighted by atomic mass is 10.1. The van der Waals surface area contributed by atoms with Crippen molar-refractivity contribution >= 4 is 11.8 Å². The predicted molar refractivity (Wildman–Crippen MR) is 115 cm³/mol. The molecule has 4 rings (SSSR count). The van der Waals surface area contributed by atoms with Crippen molar-refractivity contribution in [2.45, 2.75) is 26.4 Å². The number of benzene rings is 1. The van der Waals surface area contributed by atoms with Gasteiger partial charge in [0.05, 0.1) is 24.9 Å². The van der Waals surface area contributed by atoms with Crippen molar-refractivity contribution in [3.63, 3.8) is 0 Å². The van der Waals surface area contributed by atoms with Gasteiger partial charge < -0.3 is 23.6 Å². The minimum absolute atomic E-state index is 0.00647. The molecule has 0 unspecified atom stereocenters. The summed E-state index contributed by atoms with van der Waals surface area (Å²) in [6, 6.07) is 9.84. The van der Waals surface area contributed by atoms with E-state index in [0.717, 1.165) is 37.3 Å². The lowest BCUT2D eigenvalue weighted by Gasteiger charge is -2.32. The molecular formula is C23H27FN4O3. The smallest absolute Gasteiger partial charge is 0.232 e. The molecule has 0 aliphatic carbocycles. The van der Waals surface area contributed by atoms with E-state index in [1.807, 2.05) is 19.1 Å². The van der Waals surface area contributed by atoms with E-state index in [0.29, 0.717) is 36.8 Å². The summed E-state index contributed by atoms with van der Waals surface area (Å²) in [4.78, 5) is 18.9. The number of halogens is 1. The number of carbonyl (C=O) groups is 1. The molecule has 3 aromatic rings. The van der Waals surface area contributed by atoms with Crippen LogP contribution < -0.4 is 4.90 Å². The van der Waals surface area contributed by atoms with Gasteiger partial charge in [-0.25, -0.2) is 4.39 Å². The van der Waals surface area contributed by atoms with Crippen molar-refractivity contribution in [2.75, 3.05) is 38.1 Å². The summed E-state index contributed by atoms with van der Waals surface area (Å²) in [5, 5.41) is 4.33. The standard InChI is InChI=1S/C23H27FN4O3/c1-3-21(29)28(15-19-5-4-14-30-19)16-20-22(17-6-8-18(24)9-7-17)25-31-23(20)27-12-10-26(2)11-13-27/h4-9,14H,3,10-13,15-16H2,1-2H3. The monoisotopic (exact) mass is 426 g/mol. The lowest BCUT2D eigenvalue weighted by Crippen LogP contribution is -2.44. The lowest BCUT2D eigenvalue weighted by molar-refractivity contribution is -0.132. The van der Waals surface area contributed by atoms with Crippen LogP contribution in [0.25, 0.3) is 11.3 Å². The normalized spacial score (nSPS) is 14.7. The first-order valence-corrected chi connectivity index (χ1v) is 10.5. The van der Waals surface area contributed by atoms with Gasteiger partial charge in [-0.15, -0.1) is 0 Å². The van der Waals surface area contributed by atoms with E-state index in [1.165, 1.54) is 12.1 Å². The molecule has 164 valence electrons. The zero-order chi connectivity index (χ0) is 21.8. The second-order valence-electron chi connectivity index (χ2n) is 7.79. The molecule has 1 amide bonds. The summed E-state index contributed by atoms with van der Waals surface area (Å²) in [6.45, 7) is 5.96. The van der Waals surface area contributed by atoms with Crippen LogP contribution in [-0.4, -0.2) is 54.1 Å². The van der Waals surface area contributed by atoms with Gasteiger partial charge in [-0.1, -0.05) is 12.1 Å². The molecule has 1 aliphatic rings. The van der Waals surface area contributed by atoms with Crippen molar-refractivity contribution < 1.29 is 18.1 Å². The highest BCUT2D eigenvalue weighted by Gasteiger charge is 2.28. The molecule has 1 aliphatic heterocycles. The Morgan fingerprint density at radius 1 is 1.13 bits per heavy atom. The van der Waals surface area contributed by atoms with Crippen molar-refractivity contribution in [1.82, 2.24) is 15.0 Å². The number of furan rings is 1. The highest BCUT2D eigenvalue weighted by Crippen LogP contribution is 2.33. The van der Waals surface area contributed by atoms with E-state index in [4.69, 9.17) is 8.94 Å². The highest BCUT2D eigenvalue weighted by atomic mass is 19.1. The van der Waals surface area contributed by atoms with Gasteiger partial charge in [0.1, 0.15) is 17.3 Å². The van der Waals surface area contributed by atoms with Crippen LogP contribution in [-0.2, 0) is 17.9 Å². The average Bonchev–Trinajstić information content (AvgIpc) is 3.44. The van der Waals surface area contributed by atoms with Crippen LogP contribution in [0, 0.1) is 5.82 Å². The molecule has 31 heavy (non-hydrogen) atoms. The van der Waals surface area contributed by atoms with Crippen LogP contribution in [0.1, 0.15) is 24.7 Å². The summed E-state index contributed by atoms with van der Waals surface area (Å²) >= 11 is 0. The quantitative estimate of drug-likeness (QED) is 0.573. The maximum absolute atomic E-state index is 13.5. The third-order valence-electron chi connectivity index (χ3n) is 5.61. The number of anilines is 1. The molecule has 1 saturated heterocycles. The van der Waals surface area contributed by atoms with Crippen LogP contribution in [0.3, 0.4) is 0 Å². The molecule has 0 radical (unpaired) electrons. The van der Waals surface area contributed by atoms with Gasteiger partial charge in [0.2, 0.25) is 11.8 Å². The van der Waals surface area contributed by atoms with Gasteiger partial charge in [-0.05, 0) is 43.4 Å². The van der Waals surface area contributed by atoms with Crippen LogP contribution in [0.2, 0.25) is 0 Å². The van der Waals surface area contributed by atoms with Crippen molar-refractivity contribution in [3.8, 4) is 11.3 Å². The van der Waals surface area contributed by atoms with Crippen molar-refractivity contribution in [1.29, 1.82) is 0 Å². The first-order valence-electron chi connectivity index (χ1n) is 10.5. The third kappa shape index (κ3) is 4.80. The van der Waals surface area contributed by atoms with Gasteiger partial charge in [-0.3, -0.25) is 4.79 Å². The molecule has 1 aromatic carbocycles. The minimum Gasteiger partial charge on any atom is -0.467 e. The van der Waals surface area contributed by atoms with Gasteiger partial charge in [0.15, 0.2) is 0 Å². The average molecular weight is 426 g/mol. The van der Waals surface area contributed by atoms with E-state index >= 15 is 0 Å². The fourth-order valence-corrected chi connectivity index (χ4v) is 3.77.